The number of anilines is 2. The predicted molar refractivity (Wildman–Crippen MR) is 59.9 cm³/mol. The van der Waals surface area contributed by atoms with Crippen molar-refractivity contribution in [2.45, 2.75) is 31.6 Å². The molecule has 15 heavy (non-hydrogen) atoms. The number of hydrogen-bond donors (Lipinski definition) is 1. The molecular weight excluding hydrogens is 188 g/mol. The summed E-state index contributed by atoms with van der Waals surface area (Å²) in [4.78, 5) is 11.2. The van der Waals surface area contributed by atoms with Gasteiger partial charge < -0.3 is 10.6 Å². The van der Waals surface area contributed by atoms with Crippen molar-refractivity contribution in [1.29, 1.82) is 0 Å². The zero-order valence-corrected chi connectivity index (χ0v) is 8.82. The van der Waals surface area contributed by atoms with E-state index in [9.17, 15) is 0 Å². The van der Waals surface area contributed by atoms with Crippen LogP contribution in [0.15, 0.2) is 6.07 Å². The van der Waals surface area contributed by atoms with Gasteiger partial charge >= 0.3 is 0 Å². The first-order chi connectivity index (χ1) is 7.33. The van der Waals surface area contributed by atoms with Crippen molar-refractivity contribution < 1.29 is 0 Å². The van der Waals surface area contributed by atoms with Crippen molar-refractivity contribution in [1.82, 2.24) is 9.97 Å². The van der Waals surface area contributed by atoms with Gasteiger partial charge in [0.15, 0.2) is 0 Å². The number of nitrogens with zero attached hydrogens (tertiary/aromatic N) is 3. The standard InChI is InChI=1S/C11H16N4/c12-10-7-9(8-3-4-8)13-11(14-10)15-5-1-2-6-15/h7-8H,1-6H2,(H2,12,13,14). The van der Waals surface area contributed by atoms with E-state index < -0.39 is 0 Å². The minimum atomic E-state index is 0.619. The summed E-state index contributed by atoms with van der Waals surface area (Å²) >= 11 is 0. The highest BCUT2D eigenvalue weighted by Crippen LogP contribution is 2.39. The largest absolute Gasteiger partial charge is 0.384 e. The molecule has 1 saturated heterocycles. The SMILES string of the molecule is Nc1cc(C2CC2)nc(N2CCCC2)n1. The van der Waals surface area contributed by atoms with Gasteiger partial charge in [-0.15, -0.1) is 0 Å². The van der Waals surface area contributed by atoms with Crippen molar-refractivity contribution in [3.8, 4) is 0 Å². The van der Waals surface area contributed by atoms with Crippen LogP contribution in [0.4, 0.5) is 11.8 Å². The Kier molecular flexibility index (Phi) is 2.01. The molecule has 0 spiro atoms. The predicted octanol–water partition coefficient (Wildman–Crippen LogP) is 1.54. The topological polar surface area (TPSA) is 55.0 Å². The highest BCUT2D eigenvalue weighted by atomic mass is 15.3. The van der Waals surface area contributed by atoms with Crippen molar-refractivity contribution in [3.05, 3.63) is 11.8 Å². The summed E-state index contributed by atoms with van der Waals surface area (Å²) < 4.78 is 0. The molecule has 2 heterocycles. The van der Waals surface area contributed by atoms with E-state index in [1.807, 2.05) is 6.07 Å². The molecule has 2 N–H and O–H groups in total. The Bertz CT molecular complexity index is 367. The molecule has 3 rings (SSSR count). The van der Waals surface area contributed by atoms with Gasteiger partial charge in [-0.2, -0.15) is 4.98 Å². The molecule has 0 unspecified atom stereocenters. The van der Waals surface area contributed by atoms with Crippen LogP contribution < -0.4 is 10.6 Å². The third-order valence-electron chi connectivity index (χ3n) is 3.14. The monoisotopic (exact) mass is 204 g/mol. The van der Waals surface area contributed by atoms with Crippen LogP contribution in [-0.2, 0) is 0 Å². The van der Waals surface area contributed by atoms with E-state index >= 15 is 0 Å². The second-order valence-electron chi connectivity index (χ2n) is 4.49. The fourth-order valence-electron chi connectivity index (χ4n) is 2.12. The fraction of sp³-hybridized carbons (Fsp3) is 0.636. The summed E-state index contributed by atoms with van der Waals surface area (Å²) in [5, 5.41) is 0. The maximum absolute atomic E-state index is 5.81. The first-order valence-electron chi connectivity index (χ1n) is 5.72. The average Bonchev–Trinajstić information content (AvgIpc) is 2.93. The number of aromatic nitrogens is 2. The molecule has 1 aromatic rings. The number of nitrogens with two attached hydrogens (primary N) is 1. The molecule has 2 fully saturated rings. The maximum atomic E-state index is 5.81. The highest BCUT2D eigenvalue weighted by molar-refractivity contribution is 5.42. The molecule has 0 amide bonds. The lowest BCUT2D eigenvalue weighted by molar-refractivity contribution is 0.874. The smallest absolute Gasteiger partial charge is 0.227 e. The van der Waals surface area contributed by atoms with Crippen molar-refractivity contribution >= 4 is 11.8 Å². The van der Waals surface area contributed by atoms with Crippen LogP contribution >= 0.6 is 0 Å². The fourth-order valence-corrected chi connectivity index (χ4v) is 2.12. The molecule has 1 aliphatic carbocycles. The van der Waals surface area contributed by atoms with E-state index in [0.717, 1.165) is 24.7 Å². The van der Waals surface area contributed by atoms with E-state index in [1.54, 1.807) is 0 Å². The number of rotatable bonds is 2. The highest BCUT2D eigenvalue weighted by Gasteiger charge is 2.27. The Labute approximate surface area is 89.5 Å². The molecule has 0 aromatic carbocycles. The van der Waals surface area contributed by atoms with Crippen LogP contribution in [0, 0.1) is 0 Å². The van der Waals surface area contributed by atoms with Gasteiger partial charge in [0.05, 0.1) is 5.69 Å². The Balaban J connectivity index is 1.91. The summed E-state index contributed by atoms with van der Waals surface area (Å²) in [6, 6.07) is 1.93. The first kappa shape index (κ1) is 8.95. The van der Waals surface area contributed by atoms with Crippen molar-refractivity contribution in [2.75, 3.05) is 23.7 Å². The summed E-state index contributed by atoms with van der Waals surface area (Å²) in [7, 11) is 0. The maximum Gasteiger partial charge on any atom is 0.227 e. The average molecular weight is 204 g/mol. The van der Waals surface area contributed by atoms with Gasteiger partial charge in [-0.3, -0.25) is 0 Å². The van der Waals surface area contributed by atoms with E-state index in [2.05, 4.69) is 14.9 Å². The van der Waals surface area contributed by atoms with Crippen LogP contribution in [0.3, 0.4) is 0 Å². The molecule has 80 valence electrons. The molecule has 1 aromatic heterocycles. The lowest BCUT2D eigenvalue weighted by atomic mass is 10.3. The summed E-state index contributed by atoms with van der Waals surface area (Å²) in [6.45, 7) is 2.15. The quantitative estimate of drug-likeness (QED) is 0.793. The number of hydrogen-bond acceptors (Lipinski definition) is 4. The zero-order valence-electron chi connectivity index (χ0n) is 8.82. The van der Waals surface area contributed by atoms with Crippen LogP contribution in [0.2, 0.25) is 0 Å². The lowest BCUT2D eigenvalue weighted by Crippen LogP contribution is -2.21. The molecule has 0 bridgehead atoms. The lowest BCUT2D eigenvalue weighted by Gasteiger charge is -2.16. The molecule has 1 aliphatic heterocycles. The molecule has 2 aliphatic rings. The Morgan fingerprint density at radius 3 is 2.60 bits per heavy atom. The normalized spacial score (nSPS) is 20.9. The van der Waals surface area contributed by atoms with Gasteiger partial charge in [0.25, 0.3) is 0 Å². The number of nitrogen functional groups attached to an aromatic ring is 1. The molecule has 0 radical (unpaired) electrons. The summed E-state index contributed by atoms with van der Waals surface area (Å²) in [5.41, 5.74) is 6.96. The van der Waals surface area contributed by atoms with E-state index in [4.69, 9.17) is 5.73 Å². The Hall–Kier alpha value is -1.32. The van der Waals surface area contributed by atoms with E-state index in [0.29, 0.717) is 11.7 Å². The minimum absolute atomic E-state index is 0.619. The molecule has 4 nitrogen and oxygen atoms in total. The first-order valence-corrected chi connectivity index (χ1v) is 5.72. The Morgan fingerprint density at radius 1 is 1.20 bits per heavy atom. The van der Waals surface area contributed by atoms with Gasteiger partial charge in [-0.1, -0.05) is 0 Å². The summed E-state index contributed by atoms with van der Waals surface area (Å²) in [6.07, 6.45) is 5.01. The van der Waals surface area contributed by atoms with Gasteiger partial charge in [0.1, 0.15) is 5.82 Å². The van der Waals surface area contributed by atoms with Crippen LogP contribution in [0.25, 0.3) is 0 Å². The van der Waals surface area contributed by atoms with Gasteiger partial charge in [-0.05, 0) is 25.7 Å². The van der Waals surface area contributed by atoms with E-state index in [-0.39, 0.29) is 0 Å². The van der Waals surface area contributed by atoms with Crippen molar-refractivity contribution in [3.63, 3.8) is 0 Å². The molecule has 4 heteroatoms. The van der Waals surface area contributed by atoms with Crippen LogP contribution in [0.1, 0.15) is 37.3 Å². The summed E-state index contributed by atoms with van der Waals surface area (Å²) in [5.74, 6) is 2.11. The van der Waals surface area contributed by atoms with Crippen LogP contribution in [-0.4, -0.2) is 23.1 Å². The van der Waals surface area contributed by atoms with Gasteiger partial charge in [0, 0.05) is 25.1 Å². The molecule has 1 saturated carbocycles. The Morgan fingerprint density at radius 2 is 1.93 bits per heavy atom. The second kappa shape index (κ2) is 3.36. The zero-order chi connectivity index (χ0) is 10.3. The van der Waals surface area contributed by atoms with Crippen LogP contribution in [0.5, 0.6) is 0 Å². The van der Waals surface area contributed by atoms with E-state index in [1.165, 1.54) is 25.7 Å². The third-order valence-corrected chi connectivity index (χ3v) is 3.14. The van der Waals surface area contributed by atoms with Gasteiger partial charge in [-0.25, -0.2) is 4.98 Å². The molecule has 0 atom stereocenters. The third kappa shape index (κ3) is 1.76. The van der Waals surface area contributed by atoms with Gasteiger partial charge in [0.2, 0.25) is 5.95 Å². The minimum Gasteiger partial charge on any atom is -0.384 e. The second-order valence-corrected chi connectivity index (χ2v) is 4.49. The van der Waals surface area contributed by atoms with Crippen molar-refractivity contribution in [2.24, 2.45) is 0 Å². The molecular formula is C11H16N4.